The Balaban J connectivity index is 2.06. The number of carbonyl (C=O) groups excluding carboxylic acids is 1. The van der Waals surface area contributed by atoms with E-state index in [0.717, 1.165) is 12.8 Å². The molecular weight excluding hydrogens is 178 g/mol. The van der Waals surface area contributed by atoms with Crippen LogP contribution < -0.4 is 4.84 Å². The van der Waals surface area contributed by atoms with Gasteiger partial charge in [-0.15, -0.1) is 0 Å². The summed E-state index contributed by atoms with van der Waals surface area (Å²) in [7, 11) is 0. The van der Waals surface area contributed by atoms with Gasteiger partial charge < -0.3 is 4.74 Å². The first-order valence-corrected chi connectivity index (χ1v) is 4.65. The van der Waals surface area contributed by atoms with Gasteiger partial charge in [-0.1, -0.05) is 0 Å². The normalized spacial score (nSPS) is 27.8. The lowest BCUT2D eigenvalue weighted by molar-refractivity contribution is -0.145. The average molecular weight is 192 g/mol. The van der Waals surface area contributed by atoms with Gasteiger partial charge in [0, 0.05) is 12.5 Å². The van der Waals surface area contributed by atoms with Gasteiger partial charge in [-0.3, -0.25) is 4.79 Å². The molecule has 0 atom stereocenters. The lowest BCUT2D eigenvalue weighted by atomic mass is 9.79. The smallest absolute Gasteiger partial charge is 0.306 e. The van der Waals surface area contributed by atoms with E-state index in [1.807, 2.05) is 6.92 Å². The topological polar surface area (TPSA) is 38.3 Å². The van der Waals surface area contributed by atoms with E-state index >= 15 is 0 Å². The SMILES string of the molecule is CCOC(=O)CC1CC(NCl)C1. The summed E-state index contributed by atoms with van der Waals surface area (Å²) < 4.78 is 4.82. The van der Waals surface area contributed by atoms with E-state index < -0.39 is 0 Å². The standard InChI is InChI=1S/C8H14ClNO2/c1-2-12-8(11)5-6-3-7(4-6)10-9/h6-7,10H,2-5H2,1H3. The van der Waals surface area contributed by atoms with E-state index in [9.17, 15) is 4.79 Å². The summed E-state index contributed by atoms with van der Waals surface area (Å²) in [5.41, 5.74) is 0. The number of hydrogen-bond acceptors (Lipinski definition) is 3. The second-order valence-corrected chi connectivity index (χ2v) is 3.37. The van der Waals surface area contributed by atoms with Crippen LogP contribution in [0.15, 0.2) is 0 Å². The van der Waals surface area contributed by atoms with Gasteiger partial charge in [-0.2, -0.15) is 0 Å². The zero-order valence-corrected chi connectivity index (χ0v) is 7.93. The molecule has 0 aromatic carbocycles. The number of carbonyl (C=O) groups is 1. The number of ether oxygens (including phenoxy) is 1. The molecule has 0 bridgehead atoms. The fraction of sp³-hybridized carbons (Fsp3) is 0.875. The summed E-state index contributed by atoms with van der Waals surface area (Å²) in [6.45, 7) is 2.30. The van der Waals surface area contributed by atoms with Gasteiger partial charge in [0.05, 0.1) is 6.61 Å². The number of esters is 1. The molecular formula is C8H14ClNO2. The zero-order chi connectivity index (χ0) is 8.97. The molecule has 0 aromatic rings. The minimum Gasteiger partial charge on any atom is -0.466 e. The zero-order valence-electron chi connectivity index (χ0n) is 7.18. The van der Waals surface area contributed by atoms with E-state index in [0.29, 0.717) is 25.0 Å². The molecule has 1 rings (SSSR count). The van der Waals surface area contributed by atoms with Crippen molar-refractivity contribution in [2.45, 2.75) is 32.2 Å². The third-order valence-electron chi connectivity index (χ3n) is 2.15. The molecule has 12 heavy (non-hydrogen) atoms. The molecule has 70 valence electrons. The van der Waals surface area contributed by atoms with Gasteiger partial charge in [0.1, 0.15) is 0 Å². The maximum Gasteiger partial charge on any atom is 0.306 e. The van der Waals surface area contributed by atoms with Crippen molar-refractivity contribution in [3.63, 3.8) is 0 Å². The van der Waals surface area contributed by atoms with Crippen LogP contribution in [0.25, 0.3) is 0 Å². The Morgan fingerprint density at radius 2 is 2.33 bits per heavy atom. The van der Waals surface area contributed by atoms with Gasteiger partial charge in [-0.05, 0) is 37.5 Å². The summed E-state index contributed by atoms with van der Waals surface area (Å²) in [5, 5.41) is 0. The molecule has 3 nitrogen and oxygen atoms in total. The first kappa shape index (κ1) is 9.81. The highest BCUT2D eigenvalue weighted by atomic mass is 35.5. The Bertz CT molecular complexity index is 157. The number of nitrogens with one attached hydrogen (secondary N) is 1. The Morgan fingerprint density at radius 3 is 2.83 bits per heavy atom. The van der Waals surface area contributed by atoms with Gasteiger partial charge in [-0.25, -0.2) is 4.84 Å². The van der Waals surface area contributed by atoms with Crippen LogP contribution in [0.2, 0.25) is 0 Å². The van der Waals surface area contributed by atoms with E-state index in [1.54, 1.807) is 0 Å². The Kier molecular flexibility index (Phi) is 3.82. The molecule has 1 aliphatic rings. The molecule has 0 amide bonds. The van der Waals surface area contributed by atoms with Crippen molar-refractivity contribution in [3.8, 4) is 0 Å². The molecule has 1 aliphatic carbocycles. The van der Waals surface area contributed by atoms with Crippen molar-refractivity contribution >= 4 is 17.7 Å². The van der Waals surface area contributed by atoms with Gasteiger partial charge in [0.25, 0.3) is 0 Å². The summed E-state index contributed by atoms with van der Waals surface area (Å²) >= 11 is 5.40. The molecule has 0 saturated heterocycles. The highest BCUT2D eigenvalue weighted by Gasteiger charge is 2.30. The predicted molar refractivity (Wildman–Crippen MR) is 46.8 cm³/mol. The maximum absolute atomic E-state index is 11.0. The first-order valence-electron chi connectivity index (χ1n) is 4.28. The molecule has 0 radical (unpaired) electrons. The molecule has 1 saturated carbocycles. The molecule has 4 heteroatoms. The third-order valence-corrected chi connectivity index (χ3v) is 2.46. The van der Waals surface area contributed by atoms with Gasteiger partial charge in [0.2, 0.25) is 0 Å². The molecule has 1 N–H and O–H groups in total. The fourth-order valence-corrected chi connectivity index (χ4v) is 1.63. The largest absolute Gasteiger partial charge is 0.466 e. The summed E-state index contributed by atoms with van der Waals surface area (Å²) in [6.07, 6.45) is 2.52. The summed E-state index contributed by atoms with van der Waals surface area (Å²) in [6, 6.07) is 0.395. The van der Waals surface area contributed by atoms with Gasteiger partial charge in [0.15, 0.2) is 0 Å². The maximum atomic E-state index is 11.0. The number of halogens is 1. The minimum atomic E-state index is -0.0875. The van der Waals surface area contributed by atoms with Crippen molar-refractivity contribution in [3.05, 3.63) is 0 Å². The van der Waals surface area contributed by atoms with Crippen LogP contribution in [0, 0.1) is 5.92 Å². The van der Waals surface area contributed by atoms with Crippen LogP contribution in [0.5, 0.6) is 0 Å². The highest BCUT2D eigenvalue weighted by molar-refractivity contribution is 6.13. The third kappa shape index (κ3) is 2.64. The Morgan fingerprint density at radius 1 is 1.67 bits per heavy atom. The molecule has 0 aliphatic heterocycles. The highest BCUT2D eigenvalue weighted by Crippen LogP contribution is 2.30. The van der Waals surface area contributed by atoms with Gasteiger partial charge >= 0.3 is 5.97 Å². The Labute approximate surface area is 77.5 Å². The quantitative estimate of drug-likeness (QED) is 0.540. The predicted octanol–water partition coefficient (Wildman–Crippen LogP) is 1.46. The van der Waals surface area contributed by atoms with Crippen LogP contribution in [0.3, 0.4) is 0 Å². The Hall–Kier alpha value is -0.280. The van der Waals surface area contributed by atoms with Crippen molar-refractivity contribution in [2.75, 3.05) is 6.61 Å². The van der Waals surface area contributed by atoms with E-state index in [2.05, 4.69) is 4.84 Å². The van der Waals surface area contributed by atoms with Crippen molar-refractivity contribution in [1.29, 1.82) is 0 Å². The molecule has 0 heterocycles. The average Bonchev–Trinajstić information content (AvgIpc) is 1.96. The van der Waals surface area contributed by atoms with Crippen LogP contribution in [0.4, 0.5) is 0 Å². The van der Waals surface area contributed by atoms with Crippen LogP contribution >= 0.6 is 11.8 Å². The van der Waals surface area contributed by atoms with Crippen molar-refractivity contribution in [1.82, 2.24) is 4.84 Å². The fourth-order valence-electron chi connectivity index (χ4n) is 1.45. The number of rotatable bonds is 4. The molecule has 0 unspecified atom stereocenters. The summed E-state index contributed by atoms with van der Waals surface area (Å²) in [5.74, 6) is 0.385. The second-order valence-electron chi connectivity index (χ2n) is 3.15. The summed E-state index contributed by atoms with van der Waals surface area (Å²) in [4.78, 5) is 13.6. The van der Waals surface area contributed by atoms with Crippen molar-refractivity contribution in [2.24, 2.45) is 5.92 Å². The van der Waals surface area contributed by atoms with Crippen molar-refractivity contribution < 1.29 is 9.53 Å². The molecule has 0 spiro atoms. The van der Waals surface area contributed by atoms with E-state index in [-0.39, 0.29) is 5.97 Å². The second kappa shape index (κ2) is 4.67. The lowest BCUT2D eigenvalue weighted by Gasteiger charge is -2.33. The number of hydrogen-bond donors (Lipinski definition) is 1. The first-order chi connectivity index (χ1) is 5.76. The van der Waals surface area contributed by atoms with Crippen LogP contribution in [-0.4, -0.2) is 18.6 Å². The van der Waals surface area contributed by atoms with Crippen LogP contribution in [-0.2, 0) is 9.53 Å². The van der Waals surface area contributed by atoms with Crippen LogP contribution in [0.1, 0.15) is 26.2 Å². The monoisotopic (exact) mass is 191 g/mol. The molecule has 0 aromatic heterocycles. The molecule has 1 fully saturated rings. The van der Waals surface area contributed by atoms with E-state index in [1.165, 1.54) is 0 Å². The lowest BCUT2D eigenvalue weighted by Crippen LogP contribution is -2.37. The minimum absolute atomic E-state index is 0.0875. The van der Waals surface area contributed by atoms with E-state index in [4.69, 9.17) is 16.5 Å².